The van der Waals surface area contributed by atoms with Crippen molar-refractivity contribution in [3.63, 3.8) is 0 Å². The Morgan fingerprint density at radius 2 is 1.88 bits per heavy atom. The molecule has 2 rings (SSSR count). The molecule has 92 valence electrons. The highest BCUT2D eigenvalue weighted by Gasteiger charge is 2.26. The van der Waals surface area contributed by atoms with E-state index in [1.807, 2.05) is 30.3 Å². The van der Waals surface area contributed by atoms with Crippen molar-refractivity contribution in [2.75, 3.05) is 6.54 Å². The zero-order valence-electron chi connectivity index (χ0n) is 9.72. The molecule has 0 aliphatic carbocycles. The summed E-state index contributed by atoms with van der Waals surface area (Å²) in [5, 5.41) is 2.46. The third kappa shape index (κ3) is 3.16. The molecule has 0 spiro atoms. The van der Waals surface area contributed by atoms with Gasteiger partial charge in [-0.05, 0) is 25.0 Å². The maximum atomic E-state index is 12.3. The highest BCUT2D eigenvalue weighted by molar-refractivity contribution is 7.86. The molecule has 1 heterocycles. The highest BCUT2D eigenvalue weighted by Crippen LogP contribution is 2.18. The quantitative estimate of drug-likeness (QED) is 0.872. The lowest BCUT2D eigenvalue weighted by Crippen LogP contribution is -2.39. The lowest BCUT2D eigenvalue weighted by molar-refractivity contribution is -0.120. The molecular weight excluding hydrogens is 234 g/mol. The number of nitrogens with one attached hydrogen (secondary N) is 1. The lowest BCUT2D eigenvalue weighted by Gasteiger charge is -2.19. The summed E-state index contributed by atoms with van der Waals surface area (Å²) in [6.45, 7) is 0.710. The summed E-state index contributed by atoms with van der Waals surface area (Å²) in [6, 6.07) is 9.24. The zero-order chi connectivity index (χ0) is 12.1. The minimum absolute atomic E-state index is 0.0631. The first-order valence-corrected chi connectivity index (χ1v) is 7.23. The molecular formula is C13H17NO2S. The second-order valence-corrected chi connectivity index (χ2v) is 5.87. The van der Waals surface area contributed by atoms with E-state index >= 15 is 0 Å². The zero-order valence-corrected chi connectivity index (χ0v) is 10.5. The van der Waals surface area contributed by atoms with E-state index in [0.29, 0.717) is 13.0 Å². The molecule has 1 saturated heterocycles. The third-order valence-electron chi connectivity index (χ3n) is 2.97. The standard InChI is InChI=1S/C13H17NO2S/c15-13-12(9-5-2-6-10-14-13)17(16)11-7-3-1-4-8-11/h1,3-4,7-8,12H,2,5-6,9-10H2,(H,14,15)/t12-,17-/m1/s1. The monoisotopic (exact) mass is 251 g/mol. The summed E-state index contributed by atoms with van der Waals surface area (Å²) in [6.07, 6.45) is 3.82. The Balaban J connectivity index is 2.13. The fourth-order valence-electron chi connectivity index (χ4n) is 2.01. The molecule has 0 unspecified atom stereocenters. The van der Waals surface area contributed by atoms with Crippen LogP contribution in [0.4, 0.5) is 0 Å². The molecule has 2 atom stereocenters. The van der Waals surface area contributed by atoms with Crippen LogP contribution in [0.1, 0.15) is 25.7 Å². The number of hydrogen-bond donors (Lipinski definition) is 1. The number of carbonyl (C=O) groups excluding carboxylic acids is 1. The normalized spacial score (nSPS) is 23.3. The molecule has 0 radical (unpaired) electrons. The first kappa shape index (κ1) is 12.3. The molecule has 1 aliphatic heterocycles. The summed E-state index contributed by atoms with van der Waals surface area (Å²) in [5.41, 5.74) is 0. The van der Waals surface area contributed by atoms with Crippen LogP contribution in [0.3, 0.4) is 0 Å². The van der Waals surface area contributed by atoms with Crippen LogP contribution >= 0.6 is 0 Å². The molecule has 0 bridgehead atoms. The van der Waals surface area contributed by atoms with Crippen molar-refractivity contribution in [1.82, 2.24) is 5.32 Å². The van der Waals surface area contributed by atoms with Crippen LogP contribution in [-0.2, 0) is 15.6 Å². The van der Waals surface area contributed by atoms with Gasteiger partial charge in [0.05, 0.1) is 10.8 Å². The largest absolute Gasteiger partial charge is 0.355 e. The van der Waals surface area contributed by atoms with E-state index < -0.39 is 16.0 Å². The number of rotatable bonds is 2. The fourth-order valence-corrected chi connectivity index (χ4v) is 3.42. The van der Waals surface area contributed by atoms with Crippen LogP contribution in [0.25, 0.3) is 0 Å². The molecule has 1 aromatic carbocycles. The van der Waals surface area contributed by atoms with Crippen molar-refractivity contribution < 1.29 is 9.00 Å². The Hall–Kier alpha value is -1.16. The topological polar surface area (TPSA) is 46.2 Å². The predicted octanol–water partition coefficient (Wildman–Crippen LogP) is 1.85. The van der Waals surface area contributed by atoms with Gasteiger partial charge in [-0.2, -0.15) is 0 Å². The average molecular weight is 251 g/mol. The molecule has 1 aromatic rings. The summed E-state index contributed by atoms with van der Waals surface area (Å²) in [4.78, 5) is 12.6. The Morgan fingerprint density at radius 3 is 2.65 bits per heavy atom. The second-order valence-electron chi connectivity index (χ2n) is 4.24. The minimum Gasteiger partial charge on any atom is -0.355 e. The van der Waals surface area contributed by atoms with Gasteiger partial charge in [0.2, 0.25) is 5.91 Å². The van der Waals surface area contributed by atoms with E-state index in [9.17, 15) is 9.00 Å². The van der Waals surface area contributed by atoms with Gasteiger partial charge in [0.1, 0.15) is 5.25 Å². The Morgan fingerprint density at radius 1 is 1.12 bits per heavy atom. The SMILES string of the molecule is O=C1NCCCCC[C@H]1[S@](=O)c1ccccc1. The number of amides is 1. The molecule has 17 heavy (non-hydrogen) atoms. The second kappa shape index (κ2) is 5.96. The van der Waals surface area contributed by atoms with Crippen LogP contribution < -0.4 is 5.32 Å². The van der Waals surface area contributed by atoms with Gasteiger partial charge in [-0.15, -0.1) is 0 Å². The van der Waals surface area contributed by atoms with Crippen molar-refractivity contribution in [2.45, 2.75) is 35.8 Å². The van der Waals surface area contributed by atoms with Crippen LogP contribution in [0.15, 0.2) is 35.2 Å². The molecule has 4 heteroatoms. The van der Waals surface area contributed by atoms with E-state index in [1.54, 1.807) is 0 Å². The van der Waals surface area contributed by atoms with Gasteiger partial charge in [-0.3, -0.25) is 9.00 Å². The van der Waals surface area contributed by atoms with Crippen LogP contribution in [0.5, 0.6) is 0 Å². The Kier molecular flexibility index (Phi) is 4.31. The van der Waals surface area contributed by atoms with Gasteiger partial charge in [0.25, 0.3) is 0 Å². The van der Waals surface area contributed by atoms with Crippen molar-refractivity contribution in [3.8, 4) is 0 Å². The van der Waals surface area contributed by atoms with E-state index in [1.165, 1.54) is 0 Å². The molecule has 1 amide bonds. The van der Waals surface area contributed by atoms with E-state index in [0.717, 1.165) is 24.2 Å². The van der Waals surface area contributed by atoms with Crippen LogP contribution in [-0.4, -0.2) is 21.9 Å². The lowest BCUT2D eigenvalue weighted by atomic mass is 10.1. The predicted molar refractivity (Wildman–Crippen MR) is 68.1 cm³/mol. The van der Waals surface area contributed by atoms with E-state index in [-0.39, 0.29) is 5.91 Å². The van der Waals surface area contributed by atoms with Crippen molar-refractivity contribution in [1.29, 1.82) is 0 Å². The van der Waals surface area contributed by atoms with Gasteiger partial charge >= 0.3 is 0 Å². The molecule has 1 fully saturated rings. The smallest absolute Gasteiger partial charge is 0.236 e. The van der Waals surface area contributed by atoms with Gasteiger partial charge in [-0.1, -0.05) is 31.0 Å². The van der Waals surface area contributed by atoms with Gasteiger partial charge in [-0.25, -0.2) is 0 Å². The molecule has 1 N–H and O–H groups in total. The van der Waals surface area contributed by atoms with Gasteiger partial charge in [0.15, 0.2) is 0 Å². The fraction of sp³-hybridized carbons (Fsp3) is 0.462. The minimum atomic E-state index is -1.23. The van der Waals surface area contributed by atoms with Crippen LogP contribution in [0.2, 0.25) is 0 Å². The molecule has 3 nitrogen and oxygen atoms in total. The number of carbonyl (C=O) groups is 1. The summed E-state index contributed by atoms with van der Waals surface area (Å²) in [7, 11) is -1.23. The van der Waals surface area contributed by atoms with Crippen molar-refractivity contribution >= 4 is 16.7 Å². The first-order valence-electron chi connectivity index (χ1n) is 6.02. The van der Waals surface area contributed by atoms with Gasteiger partial charge in [0, 0.05) is 11.4 Å². The summed E-state index contributed by atoms with van der Waals surface area (Å²) >= 11 is 0. The molecule has 0 aromatic heterocycles. The Bertz CT molecular complexity index is 405. The average Bonchev–Trinajstić information content (AvgIpc) is 2.35. The number of benzene rings is 1. The van der Waals surface area contributed by atoms with Crippen LogP contribution in [0, 0.1) is 0 Å². The highest BCUT2D eigenvalue weighted by atomic mass is 32.2. The van der Waals surface area contributed by atoms with Crippen molar-refractivity contribution in [2.24, 2.45) is 0 Å². The molecule has 0 saturated carbocycles. The maximum absolute atomic E-state index is 12.3. The summed E-state index contributed by atoms with van der Waals surface area (Å²) in [5.74, 6) is -0.0631. The summed E-state index contributed by atoms with van der Waals surface area (Å²) < 4.78 is 12.3. The van der Waals surface area contributed by atoms with Gasteiger partial charge < -0.3 is 5.32 Å². The number of hydrogen-bond acceptors (Lipinski definition) is 2. The Labute approximate surface area is 104 Å². The third-order valence-corrected chi connectivity index (χ3v) is 4.67. The first-order chi connectivity index (χ1) is 8.29. The molecule has 1 aliphatic rings. The van der Waals surface area contributed by atoms with E-state index in [2.05, 4.69) is 5.32 Å². The maximum Gasteiger partial charge on any atom is 0.236 e. The van der Waals surface area contributed by atoms with Crippen molar-refractivity contribution in [3.05, 3.63) is 30.3 Å². The van der Waals surface area contributed by atoms with E-state index in [4.69, 9.17) is 0 Å².